The normalized spacial score (nSPS) is 17.2. The quantitative estimate of drug-likeness (QED) is 0.241. The number of carbonyl (C=O) groups excluding carboxylic acids is 1. The smallest absolute Gasteiger partial charge is 0.317 e. The second-order valence-corrected chi connectivity index (χ2v) is 10.1. The first kappa shape index (κ1) is 29.6. The van der Waals surface area contributed by atoms with Crippen LogP contribution in [0.3, 0.4) is 0 Å². The molecule has 0 radical (unpaired) electrons. The summed E-state index contributed by atoms with van der Waals surface area (Å²) in [6.45, 7) is 5.26. The Labute approximate surface area is 233 Å². The Morgan fingerprint density at radius 1 is 1.10 bits per heavy atom. The number of rotatable bonds is 14. The number of amides is 2. The van der Waals surface area contributed by atoms with Gasteiger partial charge in [0.2, 0.25) is 0 Å². The van der Waals surface area contributed by atoms with Gasteiger partial charge >= 0.3 is 6.03 Å². The molecule has 1 fully saturated rings. The highest BCUT2D eigenvalue weighted by Crippen LogP contribution is 2.28. The third-order valence-electron chi connectivity index (χ3n) is 7.03. The van der Waals surface area contributed by atoms with E-state index in [0.29, 0.717) is 56.0 Å². The van der Waals surface area contributed by atoms with Crippen LogP contribution in [-0.4, -0.2) is 83.0 Å². The van der Waals surface area contributed by atoms with E-state index in [1.807, 2.05) is 6.92 Å². The second-order valence-electron chi connectivity index (χ2n) is 10.1. The lowest BCUT2D eigenvalue weighted by Gasteiger charge is -2.32. The molecular weight excluding hydrogens is 520 g/mol. The molecule has 3 aromatic rings. The van der Waals surface area contributed by atoms with Crippen LogP contribution in [0.25, 0.3) is 22.4 Å². The topological polar surface area (TPSA) is 117 Å². The third-order valence-corrected chi connectivity index (χ3v) is 7.03. The molecule has 2 amide bonds. The van der Waals surface area contributed by atoms with Crippen LogP contribution in [0.5, 0.6) is 0 Å². The maximum atomic E-state index is 14.7. The molecule has 1 aliphatic rings. The van der Waals surface area contributed by atoms with Gasteiger partial charge in [-0.15, -0.1) is 0 Å². The maximum Gasteiger partial charge on any atom is 0.317 e. The number of H-pyrrole nitrogens is 1. The lowest BCUT2D eigenvalue weighted by molar-refractivity contribution is 0.0512. The molecule has 0 aliphatic heterocycles. The maximum absolute atomic E-state index is 14.7. The first-order valence-electron chi connectivity index (χ1n) is 14.0. The van der Waals surface area contributed by atoms with Crippen molar-refractivity contribution in [1.82, 2.24) is 30.2 Å². The van der Waals surface area contributed by atoms with Crippen LogP contribution in [0.4, 0.5) is 19.4 Å². The molecule has 0 saturated heterocycles. The van der Waals surface area contributed by atoms with E-state index in [1.54, 1.807) is 18.1 Å². The average molecular weight is 560 g/mol. The number of aromatic nitrogens is 4. The van der Waals surface area contributed by atoms with Crippen LogP contribution >= 0.6 is 0 Å². The van der Waals surface area contributed by atoms with E-state index in [1.165, 1.54) is 6.07 Å². The van der Waals surface area contributed by atoms with Crippen LogP contribution < -0.4 is 10.6 Å². The number of pyridine rings is 1. The first-order valence-corrected chi connectivity index (χ1v) is 14.0. The number of nitrogens with one attached hydrogen (secondary N) is 3. The van der Waals surface area contributed by atoms with Gasteiger partial charge in [-0.3, -0.25) is 0 Å². The number of hydrogen-bond acceptors (Lipinski definition) is 7. The number of fused-ring (bicyclic) bond motifs is 1. The summed E-state index contributed by atoms with van der Waals surface area (Å²) >= 11 is 0. The van der Waals surface area contributed by atoms with Gasteiger partial charge in [0.15, 0.2) is 17.5 Å². The minimum atomic E-state index is -0.571. The molecule has 3 heterocycles. The molecule has 12 heteroatoms. The SMILES string of the molecule is CCOCCOCCCCCN(C)C(=O)N[C@@H]1CCC[C@H](Nc2nc(-c3c[nH]c4ncc(F)cc34)ncc2F)C1. The molecule has 3 aromatic heterocycles. The number of anilines is 1. The van der Waals surface area contributed by atoms with Crippen LogP contribution in [-0.2, 0) is 9.47 Å². The number of hydrogen-bond donors (Lipinski definition) is 3. The predicted octanol–water partition coefficient (Wildman–Crippen LogP) is 4.89. The fourth-order valence-corrected chi connectivity index (χ4v) is 4.89. The summed E-state index contributed by atoms with van der Waals surface area (Å²) < 4.78 is 39.2. The molecule has 1 aliphatic carbocycles. The van der Waals surface area contributed by atoms with Gasteiger partial charge in [-0.1, -0.05) is 0 Å². The second kappa shape index (κ2) is 14.8. The van der Waals surface area contributed by atoms with Crippen molar-refractivity contribution in [3.05, 3.63) is 36.3 Å². The number of ether oxygens (including phenoxy) is 2. The van der Waals surface area contributed by atoms with Crippen LogP contribution in [0.1, 0.15) is 51.9 Å². The van der Waals surface area contributed by atoms with Crippen molar-refractivity contribution in [1.29, 1.82) is 0 Å². The monoisotopic (exact) mass is 559 g/mol. The van der Waals surface area contributed by atoms with E-state index in [4.69, 9.17) is 9.47 Å². The van der Waals surface area contributed by atoms with Crippen LogP contribution in [0.2, 0.25) is 0 Å². The molecule has 0 aromatic carbocycles. The van der Waals surface area contributed by atoms with Crippen molar-refractivity contribution < 1.29 is 23.0 Å². The molecule has 4 rings (SSSR count). The molecule has 218 valence electrons. The summed E-state index contributed by atoms with van der Waals surface area (Å²) in [6.07, 6.45) is 9.95. The van der Waals surface area contributed by atoms with Gasteiger partial charge in [0.1, 0.15) is 11.5 Å². The summed E-state index contributed by atoms with van der Waals surface area (Å²) in [4.78, 5) is 30.0. The zero-order valence-corrected chi connectivity index (χ0v) is 23.2. The Balaban J connectivity index is 1.24. The van der Waals surface area contributed by atoms with Crippen LogP contribution in [0, 0.1) is 11.6 Å². The predicted molar refractivity (Wildman–Crippen MR) is 149 cm³/mol. The summed E-state index contributed by atoms with van der Waals surface area (Å²) in [6, 6.07) is 1.16. The molecule has 3 N–H and O–H groups in total. The molecule has 0 spiro atoms. The van der Waals surface area contributed by atoms with E-state index < -0.39 is 11.6 Å². The fraction of sp³-hybridized carbons (Fsp3) is 0.571. The van der Waals surface area contributed by atoms with Crippen molar-refractivity contribution >= 4 is 22.9 Å². The number of carbonyl (C=O) groups is 1. The van der Waals surface area contributed by atoms with Crippen LogP contribution in [0.15, 0.2) is 24.7 Å². The van der Waals surface area contributed by atoms with Gasteiger partial charge in [-0.05, 0) is 57.9 Å². The molecule has 0 bridgehead atoms. The Hall–Kier alpha value is -3.38. The highest BCUT2D eigenvalue weighted by atomic mass is 19.1. The number of halogens is 2. The van der Waals surface area contributed by atoms with E-state index in [2.05, 4.69) is 30.6 Å². The fourth-order valence-electron chi connectivity index (χ4n) is 4.89. The minimum absolute atomic E-state index is 0.0213. The highest BCUT2D eigenvalue weighted by Gasteiger charge is 2.25. The Morgan fingerprint density at radius 3 is 2.77 bits per heavy atom. The van der Waals surface area contributed by atoms with Gasteiger partial charge in [-0.2, -0.15) is 0 Å². The lowest BCUT2D eigenvalue weighted by atomic mass is 9.91. The summed E-state index contributed by atoms with van der Waals surface area (Å²) in [5, 5.41) is 6.85. The standard InChI is InChI=1S/C28H39F2N7O3/c1-3-39-12-13-40-11-6-4-5-10-37(2)28(38)35-21-9-7-8-20(15-21)34-27-24(30)18-33-26(36-27)23-17-32-25-22(23)14-19(29)16-31-25/h14,16-18,20-21H,3-13,15H2,1-2H3,(H,31,32)(H,35,38)(H,33,34,36)/t20-,21+/m0/s1. The summed E-state index contributed by atoms with van der Waals surface area (Å²) in [5.41, 5.74) is 1.04. The first-order chi connectivity index (χ1) is 19.4. The van der Waals surface area contributed by atoms with E-state index in [0.717, 1.165) is 50.9 Å². The van der Waals surface area contributed by atoms with Crippen molar-refractivity contribution in [2.75, 3.05) is 45.3 Å². The number of urea groups is 1. The van der Waals surface area contributed by atoms with Gasteiger partial charge in [0.05, 0.1) is 25.6 Å². The molecular formula is C28H39F2N7O3. The third kappa shape index (κ3) is 8.31. The zero-order valence-electron chi connectivity index (χ0n) is 23.2. The molecule has 2 atom stereocenters. The van der Waals surface area contributed by atoms with Gasteiger partial charge in [-0.25, -0.2) is 28.5 Å². The summed E-state index contributed by atoms with van der Waals surface area (Å²) in [7, 11) is 1.80. The average Bonchev–Trinajstić information content (AvgIpc) is 3.36. The van der Waals surface area contributed by atoms with E-state index in [9.17, 15) is 13.6 Å². The Kier molecular flexibility index (Phi) is 11.0. The van der Waals surface area contributed by atoms with Gasteiger partial charge in [0.25, 0.3) is 0 Å². The van der Waals surface area contributed by atoms with E-state index in [-0.39, 0.29) is 29.8 Å². The van der Waals surface area contributed by atoms with E-state index >= 15 is 0 Å². The highest BCUT2D eigenvalue weighted by molar-refractivity contribution is 5.91. The Bertz CT molecular complexity index is 1240. The number of unbranched alkanes of at least 4 members (excludes halogenated alkanes) is 2. The minimum Gasteiger partial charge on any atom is -0.379 e. The molecule has 10 nitrogen and oxygen atoms in total. The summed E-state index contributed by atoms with van der Waals surface area (Å²) in [5.74, 6) is -0.700. The molecule has 1 saturated carbocycles. The molecule has 0 unspecified atom stereocenters. The largest absolute Gasteiger partial charge is 0.379 e. The van der Waals surface area contributed by atoms with Gasteiger partial charge < -0.3 is 30.0 Å². The van der Waals surface area contributed by atoms with Crippen molar-refractivity contribution in [2.45, 2.75) is 64.0 Å². The number of nitrogens with zero attached hydrogens (tertiary/aromatic N) is 4. The number of aromatic amines is 1. The zero-order chi connectivity index (χ0) is 28.3. The van der Waals surface area contributed by atoms with Crippen molar-refractivity contribution in [2.24, 2.45) is 0 Å². The van der Waals surface area contributed by atoms with Crippen molar-refractivity contribution in [3.63, 3.8) is 0 Å². The van der Waals surface area contributed by atoms with Gasteiger partial charge in [0, 0.05) is 56.0 Å². The molecule has 40 heavy (non-hydrogen) atoms. The lowest BCUT2D eigenvalue weighted by Crippen LogP contribution is -2.47. The Morgan fingerprint density at radius 2 is 1.93 bits per heavy atom. The van der Waals surface area contributed by atoms with Crippen molar-refractivity contribution in [3.8, 4) is 11.4 Å².